The standard InChI is InChI=1S/C43H50N2O6/c1-28(46)50-38-26-37(48)32-25-35-33-20-21-34(42-43(33,40(32)41(38)51-42)22-24-44(35)27-30-18-19-30)45(23-10-13-29-11-4-2-5-12-29)39(49)17-9-8-16-36(47)31-14-6-3-7-15-31/h2-7,11-12,14-15,26,30,33-35,42,48H,8-10,13,16-25,27H2,1H3/t33-,34-,35+,42-,43-/m0/s1. The Morgan fingerprint density at radius 3 is 2.45 bits per heavy atom. The molecule has 3 aromatic rings. The fourth-order valence-corrected chi connectivity index (χ4v) is 10.1. The molecule has 0 radical (unpaired) electrons. The Hall–Kier alpha value is -4.17. The lowest BCUT2D eigenvalue weighted by molar-refractivity contribution is -0.143. The average molecular weight is 691 g/mol. The van der Waals surface area contributed by atoms with Gasteiger partial charge in [0.15, 0.2) is 17.3 Å². The molecular weight excluding hydrogens is 640 g/mol. The third kappa shape index (κ3) is 6.45. The third-order valence-corrected chi connectivity index (χ3v) is 12.5. The third-order valence-electron chi connectivity index (χ3n) is 12.5. The quantitative estimate of drug-likeness (QED) is 0.0839. The Bertz CT molecular complexity index is 1770. The number of ether oxygens (including phenoxy) is 2. The lowest BCUT2D eigenvalue weighted by Gasteiger charge is -2.60. The molecule has 1 spiro atoms. The molecule has 2 saturated carbocycles. The number of nitrogens with zero attached hydrogens (tertiary/aromatic N) is 2. The number of carbonyl (C=O) groups excluding carboxylic acids is 3. The van der Waals surface area contributed by atoms with Gasteiger partial charge in [-0.1, -0.05) is 60.7 Å². The number of esters is 1. The predicted molar refractivity (Wildman–Crippen MR) is 194 cm³/mol. The van der Waals surface area contributed by atoms with Crippen molar-refractivity contribution in [1.82, 2.24) is 9.80 Å². The number of likely N-dealkylation sites (tertiary alicyclic amines) is 1. The van der Waals surface area contributed by atoms with Gasteiger partial charge in [0.2, 0.25) is 5.91 Å². The largest absolute Gasteiger partial charge is 0.508 e. The summed E-state index contributed by atoms with van der Waals surface area (Å²) < 4.78 is 12.8. The van der Waals surface area contributed by atoms with Crippen molar-refractivity contribution in [2.45, 2.75) is 108 Å². The second-order valence-electron chi connectivity index (χ2n) is 15.6. The van der Waals surface area contributed by atoms with Gasteiger partial charge in [-0.05, 0) is 88.2 Å². The number of aryl methyl sites for hydroxylation is 1. The van der Waals surface area contributed by atoms with E-state index in [0.717, 1.165) is 68.7 Å². The van der Waals surface area contributed by atoms with E-state index >= 15 is 0 Å². The monoisotopic (exact) mass is 690 g/mol. The minimum absolute atomic E-state index is 0.108. The van der Waals surface area contributed by atoms with Crippen molar-refractivity contribution < 1.29 is 29.0 Å². The van der Waals surface area contributed by atoms with Crippen LogP contribution in [0.25, 0.3) is 0 Å². The maximum absolute atomic E-state index is 14.4. The van der Waals surface area contributed by atoms with Crippen molar-refractivity contribution in [3.05, 3.63) is 89.0 Å². The highest BCUT2D eigenvalue weighted by Crippen LogP contribution is 2.66. The fourth-order valence-electron chi connectivity index (χ4n) is 10.1. The molecule has 268 valence electrons. The minimum atomic E-state index is -0.453. The summed E-state index contributed by atoms with van der Waals surface area (Å²) in [4.78, 5) is 44.3. The number of amides is 1. The van der Waals surface area contributed by atoms with Crippen molar-refractivity contribution in [2.24, 2.45) is 11.8 Å². The molecule has 51 heavy (non-hydrogen) atoms. The average Bonchev–Trinajstić information content (AvgIpc) is 3.89. The summed E-state index contributed by atoms with van der Waals surface area (Å²) in [6.45, 7) is 4.06. The minimum Gasteiger partial charge on any atom is -0.508 e. The van der Waals surface area contributed by atoms with Crippen molar-refractivity contribution in [1.29, 1.82) is 0 Å². The van der Waals surface area contributed by atoms with E-state index in [0.29, 0.717) is 55.5 Å². The second kappa shape index (κ2) is 14.1. The van der Waals surface area contributed by atoms with Gasteiger partial charge in [0.05, 0.1) is 6.04 Å². The van der Waals surface area contributed by atoms with E-state index in [2.05, 4.69) is 34.1 Å². The van der Waals surface area contributed by atoms with Gasteiger partial charge in [0.25, 0.3) is 0 Å². The normalized spacial score (nSPS) is 25.8. The number of hydrogen-bond donors (Lipinski definition) is 1. The Morgan fingerprint density at radius 2 is 1.71 bits per heavy atom. The first-order valence-corrected chi connectivity index (χ1v) is 19.2. The van der Waals surface area contributed by atoms with Crippen LogP contribution in [0.15, 0.2) is 66.7 Å². The number of phenolic OH excluding ortho intramolecular Hbond substituents is 1. The first kappa shape index (κ1) is 33.9. The number of Topliss-reactive ketones (excluding diaryl/α,β-unsaturated/α-hetero) is 1. The molecule has 8 nitrogen and oxygen atoms in total. The maximum Gasteiger partial charge on any atom is 0.308 e. The Labute approximate surface area is 301 Å². The van der Waals surface area contributed by atoms with Gasteiger partial charge in [-0.15, -0.1) is 0 Å². The van der Waals surface area contributed by atoms with Crippen molar-refractivity contribution in [3.63, 3.8) is 0 Å². The first-order valence-electron chi connectivity index (χ1n) is 19.2. The first-order chi connectivity index (χ1) is 24.8. The SMILES string of the molecule is CC(=O)Oc1cc(O)c2c3c1O[C@H]1[C@@H](N(CCCc4ccccc4)C(=O)CCCCC(=O)c4ccccc4)CC[C@H]4[C@@H](C2)N(CC2CC2)CC[C@@]341. The molecule has 2 heterocycles. The summed E-state index contributed by atoms with van der Waals surface area (Å²) in [5.74, 6) is 1.91. The summed E-state index contributed by atoms with van der Waals surface area (Å²) in [6, 6.07) is 21.5. The van der Waals surface area contributed by atoms with Gasteiger partial charge in [0, 0.05) is 67.1 Å². The maximum atomic E-state index is 14.4. The van der Waals surface area contributed by atoms with Crippen LogP contribution >= 0.6 is 0 Å². The second-order valence-corrected chi connectivity index (χ2v) is 15.6. The molecule has 1 amide bonds. The highest BCUT2D eigenvalue weighted by Gasteiger charge is 2.67. The van der Waals surface area contributed by atoms with E-state index in [-0.39, 0.29) is 40.8 Å². The smallest absolute Gasteiger partial charge is 0.308 e. The zero-order chi connectivity index (χ0) is 35.1. The highest BCUT2D eigenvalue weighted by molar-refractivity contribution is 5.96. The predicted octanol–water partition coefficient (Wildman–Crippen LogP) is 7.04. The summed E-state index contributed by atoms with van der Waals surface area (Å²) in [7, 11) is 0. The zero-order valence-corrected chi connectivity index (χ0v) is 29.7. The van der Waals surface area contributed by atoms with Crippen LogP contribution in [-0.2, 0) is 27.8 Å². The van der Waals surface area contributed by atoms with Crippen molar-refractivity contribution in [3.8, 4) is 17.2 Å². The number of piperidine rings is 1. The van der Waals surface area contributed by atoms with Gasteiger partial charge in [-0.25, -0.2) is 0 Å². The van der Waals surface area contributed by atoms with Crippen LogP contribution in [0.5, 0.6) is 17.2 Å². The van der Waals surface area contributed by atoms with E-state index in [1.165, 1.54) is 25.3 Å². The molecule has 1 N–H and O–H groups in total. The van der Waals surface area contributed by atoms with Crippen molar-refractivity contribution in [2.75, 3.05) is 19.6 Å². The summed E-state index contributed by atoms with van der Waals surface area (Å²) in [5.41, 5.74) is 3.55. The topological polar surface area (TPSA) is 96.4 Å². The summed E-state index contributed by atoms with van der Waals surface area (Å²) in [6.07, 6.45) is 9.56. The van der Waals surface area contributed by atoms with E-state index in [1.54, 1.807) is 6.07 Å². The van der Waals surface area contributed by atoms with Crippen LogP contribution in [0.3, 0.4) is 0 Å². The molecule has 0 aromatic heterocycles. The summed E-state index contributed by atoms with van der Waals surface area (Å²) >= 11 is 0. The van der Waals surface area contributed by atoms with E-state index in [9.17, 15) is 19.5 Å². The Kier molecular flexibility index (Phi) is 9.38. The molecule has 8 rings (SSSR count). The molecule has 5 atom stereocenters. The highest BCUT2D eigenvalue weighted by atomic mass is 16.6. The number of ketones is 1. The van der Waals surface area contributed by atoms with Crippen LogP contribution in [0.2, 0.25) is 0 Å². The number of hydrogen-bond acceptors (Lipinski definition) is 7. The number of unbranched alkanes of at least 4 members (excludes halogenated alkanes) is 1. The van der Waals surface area contributed by atoms with Crippen LogP contribution in [0.4, 0.5) is 0 Å². The number of aromatic hydroxyl groups is 1. The lowest BCUT2D eigenvalue weighted by Crippen LogP contribution is -2.69. The molecule has 0 unspecified atom stereocenters. The lowest BCUT2D eigenvalue weighted by atomic mass is 9.50. The fraction of sp³-hybridized carbons (Fsp3) is 0.512. The van der Waals surface area contributed by atoms with E-state index in [4.69, 9.17) is 9.47 Å². The van der Waals surface area contributed by atoms with Crippen LogP contribution in [-0.4, -0.2) is 70.4 Å². The molecule has 3 aromatic carbocycles. The molecule has 3 aliphatic carbocycles. The molecular formula is C43H50N2O6. The van der Waals surface area contributed by atoms with Gasteiger partial charge in [-0.2, -0.15) is 0 Å². The number of rotatable bonds is 14. The van der Waals surface area contributed by atoms with E-state index in [1.807, 2.05) is 36.4 Å². The molecule has 5 aliphatic rings. The van der Waals surface area contributed by atoms with Gasteiger partial charge < -0.3 is 19.5 Å². The van der Waals surface area contributed by atoms with Gasteiger partial charge in [0.1, 0.15) is 11.9 Å². The van der Waals surface area contributed by atoms with Gasteiger partial charge >= 0.3 is 5.97 Å². The van der Waals surface area contributed by atoms with E-state index < -0.39 is 5.97 Å². The number of carbonyl (C=O) groups is 3. The van der Waals surface area contributed by atoms with Gasteiger partial charge in [-0.3, -0.25) is 19.3 Å². The molecule has 8 heteroatoms. The van der Waals surface area contributed by atoms with Crippen LogP contribution in [0.1, 0.15) is 98.2 Å². The molecule has 3 fully saturated rings. The Balaban J connectivity index is 1.08. The zero-order valence-electron chi connectivity index (χ0n) is 29.7. The molecule has 1 saturated heterocycles. The molecule has 2 bridgehead atoms. The van der Waals surface area contributed by atoms with Crippen molar-refractivity contribution >= 4 is 17.7 Å². The van der Waals surface area contributed by atoms with Crippen LogP contribution in [0, 0.1) is 11.8 Å². The number of benzene rings is 3. The summed E-state index contributed by atoms with van der Waals surface area (Å²) in [5, 5.41) is 11.5. The molecule has 2 aliphatic heterocycles. The number of phenols is 1. The Morgan fingerprint density at radius 1 is 0.961 bits per heavy atom. The van der Waals surface area contributed by atoms with Crippen LogP contribution < -0.4 is 9.47 Å².